The molecule has 0 unspecified atom stereocenters. The van der Waals surface area contributed by atoms with Crippen LogP contribution in [0, 0.1) is 0 Å². The lowest BCUT2D eigenvalue weighted by molar-refractivity contribution is 0.0911. The minimum Gasteiger partial charge on any atom is -0.497 e. The second-order valence-corrected chi connectivity index (χ2v) is 6.28. The molecule has 1 heterocycles. The monoisotopic (exact) mass is 381 g/mol. The molecule has 0 spiro atoms. The maximum atomic E-state index is 12.6. The second kappa shape index (κ2) is 9.05. The van der Waals surface area contributed by atoms with Crippen LogP contribution in [0.25, 0.3) is 11.3 Å². The molecule has 1 aromatic heterocycles. The molecule has 0 aliphatic rings. The Morgan fingerprint density at radius 3 is 2.61 bits per heavy atom. The Labute approximate surface area is 163 Å². The zero-order valence-corrected chi connectivity index (χ0v) is 15.8. The molecule has 3 rings (SSSR count). The van der Waals surface area contributed by atoms with E-state index in [1.807, 2.05) is 30.3 Å². The number of aliphatic hydroxyl groups is 1. The maximum Gasteiger partial charge on any atom is 0.269 e. The number of nitrogens with zero attached hydrogens (tertiary/aromatic N) is 1. The SMILES string of the molecule is COc1ccc(OC)c(-c2cc(C(=O)N[C@@H](CO)Cc3ccccc3)[nH]n2)c1. The molecule has 0 aliphatic heterocycles. The average molecular weight is 381 g/mol. The van der Waals surface area contributed by atoms with Crippen molar-refractivity contribution in [1.29, 1.82) is 0 Å². The summed E-state index contributed by atoms with van der Waals surface area (Å²) in [6.45, 7) is -0.161. The van der Waals surface area contributed by atoms with Crippen molar-refractivity contribution in [2.75, 3.05) is 20.8 Å². The minimum atomic E-state index is -0.395. The smallest absolute Gasteiger partial charge is 0.269 e. The van der Waals surface area contributed by atoms with Gasteiger partial charge in [0.15, 0.2) is 0 Å². The molecule has 0 bridgehead atoms. The summed E-state index contributed by atoms with van der Waals surface area (Å²) in [5, 5.41) is 19.4. The normalized spacial score (nSPS) is 11.7. The van der Waals surface area contributed by atoms with Gasteiger partial charge in [-0.1, -0.05) is 30.3 Å². The Bertz CT molecular complexity index is 924. The van der Waals surface area contributed by atoms with Gasteiger partial charge in [-0.15, -0.1) is 0 Å². The number of hydrogen-bond donors (Lipinski definition) is 3. The lowest BCUT2D eigenvalue weighted by Crippen LogP contribution is -2.39. The molecule has 1 atom stereocenters. The zero-order valence-electron chi connectivity index (χ0n) is 15.8. The number of carbonyl (C=O) groups excluding carboxylic acids is 1. The van der Waals surface area contributed by atoms with Crippen LogP contribution in [0.4, 0.5) is 0 Å². The van der Waals surface area contributed by atoms with Gasteiger partial charge in [0.1, 0.15) is 17.2 Å². The molecular weight excluding hydrogens is 358 g/mol. The highest BCUT2D eigenvalue weighted by Crippen LogP contribution is 2.32. The number of rotatable bonds is 8. The summed E-state index contributed by atoms with van der Waals surface area (Å²) in [7, 11) is 3.15. The van der Waals surface area contributed by atoms with Crippen LogP contribution in [0.2, 0.25) is 0 Å². The van der Waals surface area contributed by atoms with Crippen molar-refractivity contribution >= 4 is 5.91 Å². The highest BCUT2D eigenvalue weighted by atomic mass is 16.5. The van der Waals surface area contributed by atoms with Gasteiger partial charge >= 0.3 is 0 Å². The summed E-state index contributed by atoms with van der Waals surface area (Å²) < 4.78 is 10.6. The van der Waals surface area contributed by atoms with Gasteiger partial charge in [0.2, 0.25) is 0 Å². The molecule has 0 radical (unpaired) electrons. The minimum absolute atomic E-state index is 0.161. The summed E-state index contributed by atoms with van der Waals surface area (Å²) in [6, 6.07) is 16.3. The van der Waals surface area contributed by atoms with Crippen molar-refractivity contribution in [2.45, 2.75) is 12.5 Å². The first-order valence-electron chi connectivity index (χ1n) is 8.88. The number of carbonyl (C=O) groups is 1. The van der Waals surface area contributed by atoms with Crippen LogP contribution in [-0.4, -0.2) is 48.1 Å². The first-order chi connectivity index (χ1) is 13.6. The number of H-pyrrole nitrogens is 1. The van der Waals surface area contributed by atoms with E-state index < -0.39 is 6.04 Å². The summed E-state index contributed by atoms with van der Waals surface area (Å²) in [4.78, 5) is 12.6. The number of nitrogens with one attached hydrogen (secondary N) is 2. The van der Waals surface area contributed by atoms with Gasteiger partial charge in [-0.25, -0.2) is 0 Å². The van der Waals surface area contributed by atoms with Crippen LogP contribution in [0.3, 0.4) is 0 Å². The Balaban J connectivity index is 1.75. The van der Waals surface area contributed by atoms with E-state index in [1.165, 1.54) is 0 Å². The van der Waals surface area contributed by atoms with Crippen LogP contribution in [0.1, 0.15) is 16.1 Å². The third-order valence-corrected chi connectivity index (χ3v) is 4.39. The van der Waals surface area contributed by atoms with E-state index in [-0.39, 0.29) is 12.5 Å². The number of ether oxygens (including phenoxy) is 2. The lowest BCUT2D eigenvalue weighted by atomic mass is 10.1. The van der Waals surface area contributed by atoms with Gasteiger partial charge in [0.05, 0.1) is 32.6 Å². The molecule has 0 saturated heterocycles. The van der Waals surface area contributed by atoms with Crippen LogP contribution in [0.5, 0.6) is 11.5 Å². The summed E-state index contributed by atoms with van der Waals surface area (Å²) in [5.41, 5.74) is 2.60. The third kappa shape index (κ3) is 4.50. The highest BCUT2D eigenvalue weighted by molar-refractivity contribution is 5.93. The fourth-order valence-electron chi connectivity index (χ4n) is 2.91. The molecule has 3 aromatic rings. The number of benzene rings is 2. The molecule has 2 aromatic carbocycles. The van der Waals surface area contributed by atoms with E-state index >= 15 is 0 Å². The number of methoxy groups -OCH3 is 2. The number of aliphatic hydroxyl groups excluding tert-OH is 1. The van der Waals surface area contributed by atoms with Crippen molar-refractivity contribution in [1.82, 2.24) is 15.5 Å². The predicted molar refractivity (Wildman–Crippen MR) is 106 cm³/mol. The lowest BCUT2D eigenvalue weighted by Gasteiger charge is -2.15. The molecule has 3 N–H and O–H groups in total. The van der Waals surface area contributed by atoms with E-state index in [1.54, 1.807) is 38.5 Å². The first-order valence-corrected chi connectivity index (χ1v) is 8.88. The average Bonchev–Trinajstić information content (AvgIpc) is 3.23. The number of hydrogen-bond acceptors (Lipinski definition) is 5. The molecule has 146 valence electrons. The van der Waals surface area contributed by atoms with Crippen molar-refractivity contribution in [3.05, 3.63) is 65.9 Å². The zero-order chi connectivity index (χ0) is 19.9. The third-order valence-electron chi connectivity index (χ3n) is 4.39. The predicted octanol–water partition coefficient (Wildman–Crippen LogP) is 2.43. The fraction of sp³-hybridized carbons (Fsp3) is 0.238. The van der Waals surface area contributed by atoms with Crippen molar-refractivity contribution in [3.63, 3.8) is 0 Å². The first kappa shape index (κ1) is 19.4. The van der Waals surface area contributed by atoms with E-state index in [0.29, 0.717) is 34.9 Å². The molecule has 0 aliphatic carbocycles. The fourth-order valence-corrected chi connectivity index (χ4v) is 2.91. The largest absolute Gasteiger partial charge is 0.497 e. The standard InChI is InChI=1S/C21H23N3O4/c1-27-16-8-9-20(28-2)17(11-16)18-12-19(24-23-18)21(26)22-15(13-25)10-14-6-4-3-5-7-14/h3-9,11-12,15,25H,10,13H2,1-2H3,(H,22,26)(H,23,24)/t15-/m1/s1. The summed E-state index contributed by atoms with van der Waals surface area (Å²) in [6.07, 6.45) is 0.535. The highest BCUT2D eigenvalue weighted by Gasteiger charge is 2.18. The summed E-state index contributed by atoms with van der Waals surface area (Å²) in [5.74, 6) is 0.945. The number of aromatic amines is 1. The van der Waals surface area contributed by atoms with Crippen LogP contribution in [-0.2, 0) is 6.42 Å². The van der Waals surface area contributed by atoms with Gasteiger partial charge < -0.3 is 19.9 Å². The summed E-state index contributed by atoms with van der Waals surface area (Å²) >= 11 is 0. The van der Waals surface area contributed by atoms with Crippen molar-refractivity contribution in [3.8, 4) is 22.8 Å². The van der Waals surface area contributed by atoms with E-state index in [9.17, 15) is 9.90 Å². The van der Waals surface area contributed by atoms with Gasteiger partial charge in [-0.2, -0.15) is 5.10 Å². The Hall–Kier alpha value is -3.32. The molecule has 7 nitrogen and oxygen atoms in total. The van der Waals surface area contributed by atoms with Gasteiger partial charge in [-0.05, 0) is 36.2 Å². The topological polar surface area (TPSA) is 96.5 Å². The van der Waals surface area contributed by atoms with Crippen molar-refractivity contribution in [2.24, 2.45) is 0 Å². The Kier molecular flexibility index (Phi) is 6.29. The second-order valence-electron chi connectivity index (χ2n) is 6.28. The quantitative estimate of drug-likeness (QED) is 0.557. The molecular formula is C21H23N3O4. The van der Waals surface area contributed by atoms with Crippen LogP contribution in [0.15, 0.2) is 54.6 Å². The van der Waals surface area contributed by atoms with Gasteiger partial charge in [-0.3, -0.25) is 9.89 Å². The Morgan fingerprint density at radius 2 is 1.93 bits per heavy atom. The van der Waals surface area contributed by atoms with E-state index in [0.717, 1.165) is 5.56 Å². The number of amides is 1. The molecule has 0 fully saturated rings. The van der Waals surface area contributed by atoms with Crippen LogP contribution >= 0.6 is 0 Å². The van der Waals surface area contributed by atoms with Gasteiger partial charge in [0, 0.05) is 5.56 Å². The van der Waals surface area contributed by atoms with E-state index in [2.05, 4.69) is 15.5 Å². The van der Waals surface area contributed by atoms with E-state index in [4.69, 9.17) is 9.47 Å². The molecule has 1 amide bonds. The molecule has 7 heteroatoms. The van der Waals surface area contributed by atoms with Crippen LogP contribution < -0.4 is 14.8 Å². The molecule has 0 saturated carbocycles. The molecule has 28 heavy (non-hydrogen) atoms. The van der Waals surface area contributed by atoms with Crippen molar-refractivity contribution < 1.29 is 19.4 Å². The Morgan fingerprint density at radius 1 is 1.14 bits per heavy atom. The number of aromatic nitrogens is 2. The van der Waals surface area contributed by atoms with Gasteiger partial charge in [0.25, 0.3) is 5.91 Å². The maximum absolute atomic E-state index is 12.6.